The molecule has 9 heteroatoms. The lowest BCUT2D eigenvalue weighted by Gasteiger charge is -2.31. The maximum atomic E-state index is 11.0. The molecule has 1 aliphatic rings. The van der Waals surface area contributed by atoms with E-state index in [1.807, 2.05) is 13.8 Å². The van der Waals surface area contributed by atoms with E-state index in [2.05, 4.69) is 24.8 Å². The third-order valence-corrected chi connectivity index (χ3v) is 4.01. The number of H-pyrrole nitrogens is 1. The van der Waals surface area contributed by atoms with E-state index in [1.165, 1.54) is 0 Å². The van der Waals surface area contributed by atoms with E-state index in [9.17, 15) is 8.42 Å². The van der Waals surface area contributed by atoms with Crippen molar-refractivity contribution in [3.05, 3.63) is 11.6 Å². The molecule has 1 atom stereocenters. The van der Waals surface area contributed by atoms with Crippen LogP contribution in [-0.4, -0.2) is 67.5 Å². The van der Waals surface area contributed by atoms with Crippen molar-refractivity contribution in [2.24, 2.45) is 0 Å². The molecule has 0 bridgehead atoms. The van der Waals surface area contributed by atoms with Gasteiger partial charge in [0.25, 0.3) is 0 Å². The summed E-state index contributed by atoms with van der Waals surface area (Å²) in [5.41, 5.74) is 0. The van der Waals surface area contributed by atoms with Gasteiger partial charge in [0.05, 0.1) is 12.9 Å². The Balaban J connectivity index is 1.88. The zero-order valence-corrected chi connectivity index (χ0v) is 13.5. The molecule has 1 saturated heterocycles. The zero-order chi connectivity index (χ0) is 15.5. The SMILES string of the molecule is CC(C)c1n[nH]c(C2CN(CCNS(C)(=O)=O)CCO2)n1. The van der Waals surface area contributed by atoms with Crippen molar-refractivity contribution < 1.29 is 13.2 Å². The van der Waals surface area contributed by atoms with E-state index in [0.717, 1.165) is 24.4 Å². The topological polar surface area (TPSA) is 100 Å². The Kier molecular flexibility index (Phi) is 5.31. The van der Waals surface area contributed by atoms with Crippen LogP contribution in [0.2, 0.25) is 0 Å². The number of nitrogens with zero attached hydrogens (tertiary/aromatic N) is 3. The molecule has 2 N–H and O–H groups in total. The average molecular weight is 317 g/mol. The molecular weight excluding hydrogens is 294 g/mol. The molecule has 21 heavy (non-hydrogen) atoms. The van der Waals surface area contributed by atoms with Gasteiger partial charge in [0.2, 0.25) is 10.0 Å². The van der Waals surface area contributed by atoms with Crippen LogP contribution < -0.4 is 4.72 Å². The Morgan fingerprint density at radius 1 is 1.52 bits per heavy atom. The van der Waals surface area contributed by atoms with Crippen molar-refractivity contribution in [1.82, 2.24) is 24.8 Å². The van der Waals surface area contributed by atoms with E-state index in [0.29, 0.717) is 26.2 Å². The second-order valence-electron chi connectivity index (χ2n) is 5.56. The first-order valence-corrected chi connectivity index (χ1v) is 8.95. The van der Waals surface area contributed by atoms with Crippen molar-refractivity contribution in [3.63, 3.8) is 0 Å². The molecule has 0 aromatic carbocycles. The Hall–Kier alpha value is -1.03. The summed E-state index contributed by atoms with van der Waals surface area (Å²) < 4.78 is 30.3. The van der Waals surface area contributed by atoms with Gasteiger partial charge < -0.3 is 4.74 Å². The number of sulfonamides is 1. The van der Waals surface area contributed by atoms with Gasteiger partial charge in [-0.2, -0.15) is 5.10 Å². The van der Waals surface area contributed by atoms with E-state index in [4.69, 9.17) is 4.74 Å². The number of rotatable bonds is 6. The van der Waals surface area contributed by atoms with Crippen molar-refractivity contribution in [2.75, 3.05) is 39.0 Å². The molecule has 8 nitrogen and oxygen atoms in total. The van der Waals surface area contributed by atoms with Crippen molar-refractivity contribution in [1.29, 1.82) is 0 Å². The summed E-state index contributed by atoms with van der Waals surface area (Å²) in [6, 6.07) is 0. The molecule has 0 saturated carbocycles. The summed E-state index contributed by atoms with van der Waals surface area (Å²) >= 11 is 0. The van der Waals surface area contributed by atoms with Gasteiger partial charge in [-0.3, -0.25) is 10.00 Å². The average Bonchev–Trinajstić information content (AvgIpc) is 2.87. The predicted molar refractivity (Wildman–Crippen MR) is 78.5 cm³/mol. The zero-order valence-electron chi connectivity index (χ0n) is 12.7. The fourth-order valence-electron chi connectivity index (χ4n) is 2.15. The highest BCUT2D eigenvalue weighted by Crippen LogP contribution is 2.20. The summed E-state index contributed by atoms with van der Waals surface area (Å²) in [6.07, 6.45) is 1.02. The molecule has 1 aliphatic heterocycles. The molecule has 0 spiro atoms. The van der Waals surface area contributed by atoms with E-state index in [1.54, 1.807) is 0 Å². The number of aromatic amines is 1. The fraction of sp³-hybridized carbons (Fsp3) is 0.833. The van der Waals surface area contributed by atoms with E-state index in [-0.39, 0.29) is 12.0 Å². The Labute approximate surface area is 125 Å². The van der Waals surface area contributed by atoms with Crippen LogP contribution in [-0.2, 0) is 14.8 Å². The maximum Gasteiger partial charge on any atom is 0.208 e. The van der Waals surface area contributed by atoms with E-state index < -0.39 is 10.0 Å². The molecule has 1 aromatic rings. The number of nitrogens with one attached hydrogen (secondary N) is 2. The monoisotopic (exact) mass is 317 g/mol. The number of morpholine rings is 1. The van der Waals surface area contributed by atoms with Gasteiger partial charge in [-0.1, -0.05) is 13.8 Å². The molecule has 1 unspecified atom stereocenters. The molecule has 1 aromatic heterocycles. The van der Waals surface area contributed by atoms with Crippen LogP contribution in [0.3, 0.4) is 0 Å². The molecular formula is C12H23N5O3S. The molecule has 1 fully saturated rings. The number of ether oxygens (including phenoxy) is 1. The third-order valence-electron chi connectivity index (χ3n) is 3.28. The molecule has 0 aliphatic carbocycles. The second kappa shape index (κ2) is 6.82. The quantitative estimate of drug-likeness (QED) is 0.757. The maximum absolute atomic E-state index is 11.0. The predicted octanol–water partition coefficient (Wildman–Crippen LogP) is -0.149. The minimum Gasteiger partial charge on any atom is -0.368 e. The molecule has 2 rings (SSSR count). The first-order valence-electron chi connectivity index (χ1n) is 7.06. The van der Waals surface area contributed by atoms with Crippen molar-refractivity contribution >= 4 is 10.0 Å². The fourth-order valence-corrected chi connectivity index (χ4v) is 2.61. The van der Waals surface area contributed by atoms with Gasteiger partial charge in [0.15, 0.2) is 11.6 Å². The minimum atomic E-state index is -3.13. The van der Waals surface area contributed by atoms with Gasteiger partial charge in [-0.05, 0) is 0 Å². The standard InChI is InChI=1S/C12H23N5O3S/c1-9(2)11-14-12(16-15-11)10-8-17(6-7-20-10)5-4-13-21(3,18)19/h9-10,13H,4-8H2,1-3H3,(H,14,15,16). The Bertz CT molecular complexity index is 557. The Morgan fingerprint density at radius 3 is 2.90 bits per heavy atom. The molecule has 120 valence electrons. The van der Waals surface area contributed by atoms with E-state index >= 15 is 0 Å². The van der Waals surface area contributed by atoms with Crippen LogP contribution in [0.4, 0.5) is 0 Å². The number of hydrogen-bond donors (Lipinski definition) is 2. The van der Waals surface area contributed by atoms with Crippen molar-refractivity contribution in [2.45, 2.75) is 25.9 Å². The number of hydrogen-bond acceptors (Lipinski definition) is 6. The van der Waals surface area contributed by atoms with Gasteiger partial charge in [0, 0.05) is 32.1 Å². The minimum absolute atomic E-state index is 0.142. The normalized spacial score (nSPS) is 21.0. The molecule has 2 heterocycles. The largest absolute Gasteiger partial charge is 0.368 e. The second-order valence-corrected chi connectivity index (χ2v) is 7.39. The highest BCUT2D eigenvalue weighted by Gasteiger charge is 2.25. The Morgan fingerprint density at radius 2 is 2.29 bits per heavy atom. The van der Waals surface area contributed by atoms with Gasteiger partial charge in [0.1, 0.15) is 6.10 Å². The smallest absolute Gasteiger partial charge is 0.208 e. The highest BCUT2D eigenvalue weighted by molar-refractivity contribution is 7.88. The van der Waals surface area contributed by atoms with Crippen molar-refractivity contribution in [3.8, 4) is 0 Å². The summed E-state index contributed by atoms with van der Waals surface area (Å²) in [4.78, 5) is 6.61. The lowest BCUT2D eigenvalue weighted by molar-refractivity contribution is -0.0333. The number of aromatic nitrogens is 3. The van der Waals surface area contributed by atoms with Gasteiger partial charge in [-0.25, -0.2) is 18.1 Å². The van der Waals surface area contributed by atoms with Crippen LogP contribution in [0.15, 0.2) is 0 Å². The lowest BCUT2D eigenvalue weighted by atomic mass is 10.2. The first-order chi connectivity index (χ1) is 9.85. The first kappa shape index (κ1) is 16.3. The summed E-state index contributed by atoms with van der Waals surface area (Å²) in [6.45, 7) is 7.19. The highest BCUT2D eigenvalue weighted by atomic mass is 32.2. The molecule has 0 amide bonds. The summed E-state index contributed by atoms with van der Waals surface area (Å²) in [5, 5.41) is 7.12. The van der Waals surface area contributed by atoms with Crippen LogP contribution >= 0.6 is 0 Å². The lowest BCUT2D eigenvalue weighted by Crippen LogP contribution is -2.42. The van der Waals surface area contributed by atoms with Crippen LogP contribution in [0.25, 0.3) is 0 Å². The van der Waals surface area contributed by atoms with Gasteiger partial charge in [-0.15, -0.1) is 0 Å². The van der Waals surface area contributed by atoms with Crippen LogP contribution in [0.1, 0.15) is 37.5 Å². The van der Waals surface area contributed by atoms with Crippen LogP contribution in [0, 0.1) is 0 Å². The third kappa shape index (κ3) is 5.03. The van der Waals surface area contributed by atoms with Crippen LogP contribution in [0.5, 0.6) is 0 Å². The summed E-state index contributed by atoms with van der Waals surface area (Å²) in [7, 11) is -3.13. The van der Waals surface area contributed by atoms with Gasteiger partial charge >= 0.3 is 0 Å². The summed E-state index contributed by atoms with van der Waals surface area (Å²) in [5.74, 6) is 1.79. The molecule has 0 radical (unpaired) electrons.